The van der Waals surface area contributed by atoms with Crippen molar-refractivity contribution in [2.24, 2.45) is 5.92 Å². The predicted molar refractivity (Wildman–Crippen MR) is 164 cm³/mol. The topological polar surface area (TPSA) is 128 Å². The van der Waals surface area contributed by atoms with E-state index < -0.39 is 5.60 Å². The second kappa shape index (κ2) is 11.8. The van der Waals surface area contributed by atoms with E-state index in [1.807, 2.05) is 49.4 Å². The van der Waals surface area contributed by atoms with E-state index in [1.165, 1.54) is 6.07 Å². The Balaban J connectivity index is 1.11. The fourth-order valence-corrected chi connectivity index (χ4v) is 5.32. The summed E-state index contributed by atoms with van der Waals surface area (Å²) in [6.07, 6.45) is 6.49. The largest absolute Gasteiger partial charge is 0.490 e. The summed E-state index contributed by atoms with van der Waals surface area (Å²) in [6.45, 7) is 7.75. The molecule has 0 atom stereocenters. The maximum Gasteiger partial charge on any atom is 0.410 e. The zero-order valence-electron chi connectivity index (χ0n) is 24.9. The van der Waals surface area contributed by atoms with Gasteiger partial charge in [0.1, 0.15) is 17.3 Å². The first-order chi connectivity index (χ1) is 21.2. The normalized spacial score (nSPS) is 14.1. The van der Waals surface area contributed by atoms with Crippen LogP contribution in [0, 0.1) is 17.2 Å². The molecular weight excluding hydrogens is 558 g/mol. The van der Waals surface area contributed by atoms with Crippen LogP contribution in [0.4, 0.5) is 4.79 Å². The molecular formula is C33H33N7O4. The van der Waals surface area contributed by atoms with Crippen molar-refractivity contribution in [3.8, 4) is 23.2 Å². The van der Waals surface area contributed by atoms with E-state index in [4.69, 9.17) is 9.47 Å². The van der Waals surface area contributed by atoms with Crippen molar-refractivity contribution < 1.29 is 14.3 Å². The van der Waals surface area contributed by atoms with Gasteiger partial charge in [0.15, 0.2) is 17.2 Å². The molecule has 1 aromatic carbocycles. The Morgan fingerprint density at radius 1 is 1.07 bits per heavy atom. The van der Waals surface area contributed by atoms with Crippen LogP contribution in [0.2, 0.25) is 0 Å². The molecule has 1 fully saturated rings. The second-order valence-electron chi connectivity index (χ2n) is 12.0. The number of nitrogens with zero attached hydrogens (tertiary/aromatic N) is 7. The first-order valence-corrected chi connectivity index (χ1v) is 14.6. The number of hydrogen-bond acceptors (Lipinski definition) is 8. The first kappa shape index (κ1) is 28.9. The zero-order chi connectivity index (χ0) is 30.8. The van der Waals surface area contributed by atoms with Crippen molar-refractivity contribution in [3.05, 3.63) is 88.6 Å². The maximum atomic E-state index is 12.9. The summed E-state index contributed by atoms with van der Waals surface area (Å²) in [5, 5.41) is 9.30. The highest BCUT2D eigenvalue weighted by Gasteiger charge is 2.27. The average molecular weight is 592 g/mol. The molecule has 1 amide bonds. The van der Waals surface area contributed by atoms with Crippen molar-refractivity contribution in [1.29, 1.82) is 5.26 Å². The van der Waals surface area contributed by atoms with E-state index in [1.54, 1.807) is 46.3 Å². The van der Waals surface area contributed by atoms with E-state index in [9.17, 15) is 14.9 Å². The Kier molecular flexibility index (Phi) is 7.74. The van der Waals surface area contributed by atoms with Gasteiger partial charge in [-0.1, -0.05) is 18.2 Å². The van der Waals surface area contributed by atoms with Gasteiger partial charge < -0.3 is 14.4 Å². The molecule has 11 heteroatoms. The van der Waals surface area contributed by atoms with E-state index in [-0.39, 0.29) is 11.7 Å². The van der Waals surface area contributed by atoms with E-state index in [0.29, 0.717) is 60.6 Å². The van der Waals surface area contributed by atoms with Crippen molar-refractivity contribution in [3.63, 3.8) is 0 Å². The molecule has 0 aliphatic carbocycles. The van der Waals surface area contributed by atoms with Crippen molar-refractivity contribution in [2.75, 3.05) is 19.7 Å². The molecule has 0 bridgehead atoms. The second-order valence-corrected chi connectivity index (χ2v) is 12.0. The van der Waals surface area contributed by atoms with Crippen molar-refractivity contribution >= 4 is 22.9 Å². The molecule has 0 radical (unpaired) electrons. The predicted octanol–water partition coefficient (Wildman–Crippen LogP) is 5.05. The van der Waals surface area contributed by atoms with Crippen LogP contribution < -0.4 is 10.3 Å². The van der Waals surface area contributed by atoms with Crippen molar-refractivity contribution in [2.45, 2.75) is 45.8 Å². The number of benzene rings is 1. The van der Waals surface area contributed by atoms with Crippen LogP contribution in [0.25, 0.3) is 28.2 Å². The number of likely N-dealkylation sites (tertiary alicyclic amines) is 1. The fraction of sp³-hybridized carbons (Fsp3) is 0.333. The zero-order valence-corrected chi connectivity index (χ0v) is 24.9. The molecule has 44 heavy (non-hydrogen) atoms. The minimum Gasteiger partial charge on any atom is -0.490 e. The van der Waals surface area contributed by atoms with Gasteiger partial charge in [-0.25, -0.2) is 19.7 Å². The summed E-state index contributed by atoms with van der Waals surface area (Å²) in [6, 6.07) is 16.6. The SMILES string of the molecule is CC(C)(C)OC(=O)N1CCC(COc2cnc(-c3cccc(Cn4c(=O)ccc5c4nc4ccc(C#N)cn45)c3)nc2)CC1. The van der Waals surface area contributed by atoms with Crippen LogP contribution in [-0.4, -0.2) is 60.2 Å². The van der Waals surface area contributed by atoms with Crippen LogP contribution in [0.3, 0.4) is 0 Å². The summed E-state index contributed by atoms with van der Waals surface area (Å²) in [5.41, 5.74) is 3.52. The Labute approximate surface area is 254 Å². The number of nitriles is 1. The number of ether oxygens (including phenoxy) is 2. The molecule has 4 aromatic heterocycles. The first-order valence-electron chi connectivity index (χ1n) is 14.6. The number of imidazole rings is 1. The number of amides is 1. The molecule has 0 spiro atoms. The third kappa shape index (κ3) is 6.24. The van der Waals surface area contributed by atoms with Gasteiger partial charge in [0.2, 0.25) is 0 Å². The van der Waals surface area contributed by atoms with Crippen LogP contribution in [0.1, 0.15) is 44.7 Å². The minimum absolute atomic E-state index is 0.167. The number of fused-ring (bicyclic) bond motifs is 3. The summed E-state index contributed by atoms with van der Waals surface area (Å²) in [4.78, 5) is 40.7. The van der Waals surface area contributed by atoms with Gasteiger partial charge in [-0.2, -0.15) is 5.26 Å². The molecule has 1 aliphatic rings. The van der Waals surface area contributed by atoms with Crippen molar-refractivity contribution in [1.82, 2.24) is 28.8 Å². The molecule has 0 unspecified atom stereocenters. The molecule has 5 heterocycles. The number of rotatable bonds is 6. The minimum atomic E-state index is -0.501. The Morgan fingerprint density at radius 2 is 1.84 bits per heavy atom. The van der Waals surface area contributed by atoms with Gasteiger partial charge in [0.05, 0.1) is 36.6 Å². The van der Waals surface area contributed by atoms with E-state index in [2.05, 4.69) is 21.0 Å². The van der Waals surface area contributed by atoms with Gasteiger partial charge in [-0.3, -0.25) is 13.8 Å². The standard InChI is InChI=1S/C33H33N7O4/c1-33(2,3)44-32(42)38-13-11-22(12-14-38)21-43-26-17-35-30(36-18-26)25-6-4-5-23(15-25)19-40-29(41)10-8-27-31(40)37-28-9-7-24(16-34)20-39(27)28/h4-10,15,17-18,20,22H,11-14,19,21H2,1-3H3. The molecule has 1 aliphatic heterocycles. The highest BCUT2D eigenvalue weighted by molar-refractivity contribution is 5.77. The number of hydrogen-bond donors (Lipinski definition) is 0. The Hall–Kier alpha value is -5.24. The Morgan fingerprint density at radius 3 is 2.57 bits per heavy atom. The van der Waals surface area contributed by atoms with Gasteiger partial charge >= 0.3 is 6.09 Å². The summed E-state index contributed by atoms with van der Waals surface area (Å²) < 4.78 is 14.9. The lowest BCUT2D eigenvalue weighted by Crippen LogP contribution is -2.42. The number of carbonyl (C=O) groups is 1. The lowest BCUT2D eigenvalue weighted by molar-refractivity contribution is 0.0165. The molecule has 0 saturated carbocycles. The van der Waals surface area contributed by atoms with Gasteiger partial charge in [0.25, 0.3) is 5.56 Å². The van der Waals surface area contributed by atoms with Crippen LogP contribution in [0.5, 0.6) is 5.75 Å². The molecule has 0 N–H and O–H groups in total. The average Bonchev–Trinajstić information content (AvgIpc) is 3.39. The van der Waals surface area contributed by atoms with E-state index in [0.717, 1.165) is 29.5 Å². The fourth-order valence-electron chi connectivity index (χ4n) is 5.32. The number of pyridine rings is 2. The Bertz CT molecular complexity index is 1930. The highest BCUT2D eigenvalue weighted by atomic mass is 16.6. The molecule has 224 valence electrons. The highest BCUT2D eigenvalue weighted by Crippen LogP contribution is 2.23. The lowest BCUT2D eigenvalue weighted by atomic mass is 9.98. The summed E-state index contributed by atoms with van der Waals surface area (Å²) in [7, 11) is 0. The molecule has 1 saturated heterocycles. The quantitative estimate of drug-likeness (QED) is 0.268. The third-order valence-corrected chi connectivity index (χ3v) is 7.58. The maximum absolute atomic E-state index is 12.9. The molecule has 6 rings (SSSR count). The smallest absolute Gasteiger partial charge is 0.410 e. The number of carbonyl (C=O) groups excluding carboxylic acids is 1. The summed E-state index contributed by atoms with van der Waals surface area (Å²) in [5.74, 6) is 1.47. The van der Waals surface area contributed by atoms with Crippen LogP contribution in [0.15, 0.2) is 71.9 Å². The molecule has 11 nitrogen and oxygen atoms in total. The van der Waals surface area contributed by atoms with E-state index >= 15 is 0 Å². The monoisotopic (exact) mass is 591 g/mol. The number of piperidine rings is 1. The summed E-state index contributed by atoms with van der Waals surface area (Å²) >= 11 is 0. The lowest BCUT2D eigenvalue weighted by Gasteiger charge is -2.33. The third-order valence-electron chi connectivity index (χ3n) is 7.58. The van der Waals surface area contributed by atoms with Crippen LogP contribution in [-0.2, 0) is 11.3 Å². The molecule has 5 aromatic rings. The number of aromatic nitrogens is 5. The van der Waals surface area contributed by atoms with Gasteiger partial charge in [-0.05, 0) is 69.4 Å². The van der Waals surface area contributed by atoms with Gasteiger partial charge in [0, 0.05) is 30.9 Å². The van der Waals surface area contributed by atoms with Gasteiger partial charge in [-0.15, -0.1) is 0 Å². The van der Waals surface area contributed by atoms with Crippen LogP contribution >= 0.6 is 0 Å².